The van der Waals surface area contributed by atoms with Gasteiger partial charge in [-0.25, -0.2) is 9.59 Å². The minimum atomic E-state index is -1.19. The van der Waals surface area contributed by atoms with E-state index in [-0.39, 0.29) is 25.0 Å². The van der Waals surface area contributed by atoms with Crippen LogP contribution < -0.4 is 5.32 Å². The Balaban J connectivity index is 1.43. The number of methoxy groups -OCH3 is 1. The Morgan fingerprint density at radius 2 is 1.67 bits per heavy atom. The average molecular weight is 453 g/mol. The molecule has 174 valence electrons. The van der Waals surface area contributed by atoms with Crippen LogP contribution in [0.3, 0.4) is 0 Å². The first-order chi connectivity index (χ1) is 15.8. The number of aliphatic hydroxyl groups excluding tert-OH is 1. The molecule has 2 aromatic rings. The number of likely N-dealkylation sites (tertiary alicyclic amines) is 1. The molecule has 2 aliphatic rings. The van der Waals surface area contributed by atoms with Gasteiger partial charge in [0, 0.05) is 5.92 Å². The van der Waals surface area contributed by atoms with E-state index in [1.165, 1.54) is 12.0 Å². The largest absolute Gasteiger partial charge is 0.467 e. The number of aliphatic hydroxyl groups is 1. The van der Waals surface area contributed by atoms with Crippen LogP contribution in [0.15, 0.2) is 48.5 Å². The Labute approximate surface area is 192 Å². The highest BCUT2D eigenvalue weighted by Gasteiger charge is 2.46. The molecule has 1 aliphatic heterocycles. The molecule has 3 atom stereocenters. The third-order valence-electron chi connectivity index (χ3n) is 6.34. The standard InChI is InChI=1S/C25H28N2O6/c1-14(2)22(24(30)32-3)27-12-20(28)21(23(27)29)26-25(31)33-13-19-17-10-6-4-8-15(17)16-9-5-7-11-18(16)19/h4-11,14,19-22,28H,12-13H2,1-3H3,(H,26,31)/t20-,21+,22+/m1/s1. The lowest BCUT2D eigenvalue weighted by molar-refractivity contribution is -0.153. The number of hydrogen-bond acceptors (Lipinski definition) is 6. The van der Waals surface area contributed by atoms with E-state index in [9.17, 15) is 19.5 Å². The van der Waals surface area contributed by atoms with Crippen LogP contribution in [-0.2, 0) is 19.1 Å². The first-order valence-electron chi connectivity index (χ1n) is 11.0. The van der Waals surface area contributed by atoms with Gasteiger partial charge in [-0.15, -0.1) is 0 Å². The summed E-state index contributed by atoms with van der Waals surface area (Å²) in [4.78, 5) is 38.9. The van der Waals surface area contributed by atoms with Crippen molar-refractivity contribution in [2.75, 3.05) is 20.3 Å². The molecule has 2 amide bonds. The highest BCUT2D eigenvalue weighted by molar-refractivity contribution is 5.92. The van der Waals surface area contributed by atoms with Crippen molar-refractivity contribution in [3.8, 4) is 11.1 Å². The molecule has 1 heterocycles. The quantitative estimate of drug-likeness (QED) is 0.652. The lowest BCUT2D eigenvalue weighted by Crippen LogP contribution is -2.50. The van der Waals surface area contributed by atoms with Crippen LogP contribution in [0.5, 0.6) is 0 Å². The topological polar surface area (TPSA) is 105 Å². The van der Waals surface area contributed by atoms with Crippen molar-refractivity contribution in [3.05, 3.63) is 59.7 Å². The van der Waals surface area contributed by atoms with Crippen LogP contribution in [-0.4, -0.2) is 66.4 Å². The van der Waals surface area contributed by atoms with E-state index in [0.717, 1.165) is 22.3 Å². The van der Waals surface area contributed by atoms with E-state index in [4.69, 9.17) is 9.47 Å². The summed E-state index contributed by atoms with van der Waals surface area (Å²) in [6.07, 6.45) is -1.96. The zero-order chi connectivity index (χ0) is 23.7. The van der Waals surface area contributed by atoms with Gasteiger partial charge in [-0.1, -0.05) is 62.4 Å². The van der Waals surface area contributed by atoms with Crippen molar-refractivity contribution in [1.29, 1.82) is 0 Å². The SMILES string of the molecule is COC(=O)[C@H](C(C)C)N1C[C@@H](O)[C@H](NC(=O)OCC2c3ccccc3-c3ccccc32)C1=O. The van der Waals surface area contributed by atoms with Gasteiger partial charge in [-0.3, -0.25) is 4.79 Å². The lowest BCUT2D eigenvalue weighted by Gasteiger charge is -2.28. The van der Waals surface area contributed by atoms with Crippen molar-refractivity contribution in [3.63, 3.8) is 0 Å². The van der Waals surface area contributed by atoms with Gasteiger partial charge >= 0.3 is 12.1 Å². The van der Waals surface area contributed by atoms with Gasteiger partial charge in [-0.05, 0) is 28.2 Å². The van der Waals surface area contributed by atoms with Gasteiger partial charge in [0.2, 0.25) is 5.91 Å². The fourth-order valence-electron chi connectivity index (χ4n) is 4.80. The smallest absolute Gasteiger partial charge is 0.407 e. The number of alkyl carbamates (subject to hydrolysis) is 1. The number of carbonyl (C=O) groups is 3. The molecule has 0 aromatic heterocycles. The van der Waals surface area contributed by atoms with Crippen molar-refractivity contribution in [2.45, 2.75) is 38.0 Å². The van der Waals surface area contributed by atoms with Crippen LogP contribution in [0.2, 0.25) is 0 Å². The lowest BCUT2D eigenvalue weighted by atomic mass is 9.98. The van der Waals surface area contributed by atoms with Gasteiger partial charge in [0.25, 0.3) is 0 Å². The van der Waals surface area contributed by atoms with E-state index in [1.807, 2.05) is 48.5 Å². The molecule has 4 rings (SSSR count). The number of hydrogen-bond donors (Lipinski definition) is 2. The maximum Gasteiger partial charge on any atom is 0.407 e. The Hall–Kier alpha value is -3.39. The number of nitrogens with zero attached hydrogens (tertiary/aromatic N) is 1. The van der Waals surface area contributed by atoms with Gasteiger partial charge in [0.05, 0.1) is 13.7 Å². The number of ether oxygens (including phenoxy) is 2. The van der Waals surface area contributed by atoms with E-state index in [1.54, 1.807) is 13.8 Å². The molecular weight excluding hydrogens is 424 g/mol. The molecule has 0 unspecified atom stereocenters. The Bertz CT molecular complexity index is 1020. The molecule has 1 saturated heterocycles. The third-order valence-corrected chi connectivity index (χ3v) is 6.34. The minimum Gasteiger partial charge on any atom is -0.467 e. The molecule has 0 saturated carbocycles. The number of esters is 1. The van der Waals surface area contributed by atoms with Gasteiger partial charge in [0.15, 0.2) is 0 Å². The number of rotatable bonds is 6. The zero-order valence-electron chi connectivity index (χ0n) is 18.9. The van der Waals surface area contributed by atoms with Crippen molar-refractivity contribution in [2.24, 2.45) is 5.92 Å². The van der Waals surface area contributed by atoms with Crippen molar-refractivity contribution < 1.29 is 29.0 Å². The van der Waals surface area contributed by atoms with Crippen molar-refractivity contribution >= 4 is 18.0 Å². The predicted molar refractivity (Wildman–Crippen MR) is 120 cm³/mol. The number of fused-ring (bicyclic) bond motifs is 3. The summed E-state index contributed by atoms with van der Waals surface area (Å²) < 4.78 is 10.3. The molecule has 1 fully saturated rings. The number of benzene rings is 2. The molecule has 2 aromatic carbocycles. The summed E-state index contributed by atoms with van der Waals surface area (Å²) in [6, 6.07) is 13.9. The molecule has 8 nitrogen and oxygen atoms in total. The van der Waals surface area contributed by atoms with Gasteiger partial charge in [0.1, 0.15) is 24.8 Å². The second-order valence-electron chi connectivity index (χ2n) is 8.72. The van der Waals surface area contributed by atoms with E-state index >= 15 is 0 Å². The van der Waals surface area contributed by atoms with Crippen LogP contribution in [0.25, 0.3) is 11.1 Å². The predicted octanol–water partition coefficient (Wildman–Crippen LogP) is 2.29. The summed E-state index contributed by atoms with van der Waals surface area (Å²) >= 11 is 0. The highest BCUT2D eigenvalue weighted by Crippen LogP contribution is 2.44. The molecule has 8 heteroatoms. The minimum absolute atomic E-state index is 0.0783. The summed E-state index contributed by atoms with van der Waals surface area (Å²) in [7, 11) is 1.25. The number of β-amino-alcohol motifs (C(OH)–C–C–N with tert-alkyl or cyclic N) is 1. The molecule has 0 radical (unpaired) electrons. The third kappa shape index (κ3) is 4.18. The van der Waals surface area contributed by atoms with E-state index in [2.05, 4.69) is 5.32 Å². The fourth-order valence-corrected chi connectivity index (χ4v) is 4.80. The maximum atomic E-state index is 12.9. The molecule has 0 spiro atoms. The molecule has 2 N–H and O–H groups in total. The molecular formula is C25H28N2O6. The fraction of sp³-hybridized carbons (Fsp3) is 0.400. The summed E-state index contributed by atoms with van der Waals surface area (Å²) in [5.74, 6) is -1.44. The van der Waals surface area contributed by atoms with Gasteiger partial charge < -0.3 is 24.8 Å². The molecule has 33 heavy (non-hydrogen) atoms. The maximum absolute atomic E-state index is 12.9. The monoisotopic (exact) mass is 452 g/mol. The van der Waals surface area contributed by atoms with Gasteiger partial charge in [-0.2, -0.15) is 0 Å². The summed E-state index contributed by atoms with van der Waals surface area (Å²) in [5.41, 5.74) is 4.38. The number of carbonyl (C=O) groups excluding carboxylic acids is 3. The number of nitrogens with one attached hydrogen (secondary N) is 1. The second kappa shape index (κ2) is 9.23. The average Bonchev–Trinajstić information content (AvgIpc) is 3.27. The first kappa shape index (κ1) is 22.8. The molecule has 0 bridgehead atoms. The molecule has 1 aliphatic carbocycles. The van der Waals surface area contributed by atoms with E-state index in [0.29, 0.717) is 0 Å². The Kier molecular flexibility index (Phi) is 6.37. The first-order valence-corrected chi connectivity index (χ1v) is 11.0. The zero-order valence-corrected chi connectivity index (χ0v) is 18.9. The van der Waals surface area contributed by atoms with Crippen LogP contribution in [0.1, 0.15) is 30.9 Å². The normalized spacial score (nSPS) is 20.4. The van der Waals surface area contributed by atoms with Crippen LogP contribution >= 0.6 is 0 Å². The van der Waals surface area contributed by atoms with E-state index < -0.39 is 36.2 Å². The Morgan fingerprint density at radius 1 is 1.09 bits per heavy atom. The Morgan fingerprint density at radius 3 is 2.21 bits per heavy atom. The summed E-state index contributed by atoms with van der Waals surface area (Å²) in [6.45, 7) is 3.59. The summed E-state index contributed by atoms with van der Waals surface area (Å²) in [5, 5.41) is 12.9. The van der Waals surface area contributed by atoms with Crippen molar-refractivity contribution in [1.82, 2.24) is 10.2 Å². The van der Waals surface area contributed by atoms with Crippen LogP contribution in [0.4, 0.5) is 4.79 Å². The van der Waals surface area contributed by atoms with Crippen LogP contribution in [0, 0.1) is 5.92 Å². The number of amides is 2. The highest BCUT2D eigenvalue weighted by atomic mass is 16.5. The second-order valence-corrected chi connectivity index (χ2v) is 8.72.